The van der Waals surface area contributed by atoms with E-state index >= 15 is 0 Å². The fourth-order valence-electron chi connectivity index (χ4n) is 0.884. The average molecular weight is 237 g/mol. The molecule has 1 aromatic heterocycles. The highest BCUT2D eigenvalue weighted by Crippen LogP contribution is 2.00. The minimum atomic E-state index is -0.863. The molecule has 0 aliphatic rings. The molecule has 88 valence electrons. The van der Waals surface area contributed by atoms with Gasteiger partial charge in [-0.15, -0.1) is 0 Å². The van der Waals surface area contributed by atoms with E-state index in [0.717, 1.165) is 6.21 Å². The minimum Gasteiger partial charge on any atom is -0.494 e. The van der Waals surface area contributed by atoms with Gasteiger partial charge in [0, 0.05) is 0 Å². The molecule has 0 spiro atoms. The lowest BCUT2D eigenvalue weighted by Crippen LogP contribution is -2.25. The van der Waals surface area contributed by atoms with Crippen molar-refractivity contribution in [1.82, 2.24) is 15.4 Å². The molecule has 0 atom stereocenters. The maximum absolute atomic E-state index is 11.2. The Kier molecular flexibility index (Phi) is 3.77. The average Bonchev–Trinajstić information content (AvgIpc) is 2.22. The number of aromatic nitrogens is 2. The lowest BCUT2D eigenvalue weighted by atomic mass is 10.3. The largest absolute Gasteiger partial charge is 0.494 e. The van der Waals surface area contributed by atoms with Crippen molar-refractivity contribution in [2.75, 3.05) is 0 Å². The molecular formula is C8H7N5O4. The second kappa shape index (κ2) is 5.26. The van der Waals surface area contributed by atoms with Crippen LogP contribution in [0.3, 0.4) is 0 Å². The first kappa shape index (κ1) is 12.2. The summed E-state index contributed by atoms with van der Waals surface area (Å²) in [6.07, 6.45) is 0.463. The lowest BCUT2D eigenvalue weighted by Gasteiger charge is -1.96. The highest BCUT2D eigenvalue weighted by molar-refractivity contribution is 5.84. The molecule has 0 bridgehead atoms. The van der Waals surface area contributed by atoms with Gasteiger partial charge in [0.2, 0.25) is 5.88 Å². The summed E-state index contributed by atoms with van der Waals surface area (Å²) in [5, 5.41) is 20.7. The Bertz CT molecular complexity index is 606. The molecule has 1 aromatic rings. The van der Waals surface area contributed by atoms with E-state index in [2.05, 4.69) is 5.10 Å². The van der Waals surface area contributed by atoms with E-state index in [0.29, 0.717) is 0 Å². The van der Waals surface area contributed by atoms with Gasteiger partial charge in [0.1, 0.15) is 12.0 Å². The third-order valence-electron chi connectivity index (χ3n) is 1.58. The first-order valence-electron chi connectivity index (χ1n) is 4.29. The number of nitrogens with one attached hydrogen (secondary N) is 3. The van der Waals surface area contributed by atoms with E-state index in [1.807, 2.05) is 15.4 Å². The number of rotatable bonds is 3. The van der Waals surface area contributed by atoms with Crippen molar-refractivity contribution < 1.29 is 9.90 Å². The summed E-state index contributed by atoms with van der Waals surface area (Å²) in [6.45, 7) is 0. The maximum Gasteiger partial charge on any atom is 0.328 e. The number of carbonyl (C=O) groups is 1. The summed E-state index contributed by atoms with van der Waals surface area (Å²) >= 11 is 0. The molecule has 9 nitrogen and oxygen atoms in total. The SMILES string of the molecule is N#CCC(=O)NN=Cc1c(O)[nH]c(=O)[nH]c1=O. The number of H-pyrrole nitrogens is 2. The zero-order valence-electron chi connectivity index (χ0n) is 8.35. The zero-order valence-corrected chi connectivity index (χ0v) is 8.35. The molecule has 0 aliphatic carbocycles. The van der Waals surface area contributed by atoms with Gasteiger partial charge < -0.3 is 5.11 Å². The molecule has 0 fully saturated rings. The van der Waals surface area contributed by atoms with Gasteiger partial charge in [0.15, 0.2) is 0 Å². The van der Waals surface area contributed by atoms with Crippen LogP contribution >= 0.6 is 0 Å². The number of nitrogens with zero attached hydrogens (tertiary/aromatic N) is 2. The molecule has 1 amide bonds. The topological polar surface area (TPSA) is 151 Å². The predicted molar refractivity (Wildman–Crippen MR) is 55.3 cm³/mol. The van der Waals surface area contributed by atoms with Crippen LogP contribution < -0.4 is 16.7 Å². The highest BCUT2D eigenvalue weighted by Gasteiger charge is 2.05. The molecule has 0 aliphatic heterocycles. The monoisotopic (exact) mass is 237 g/mol. The molecule has 0 radical (unpaired) electrons. The number of hydrogen-bond donors (Lipinski definition) is 4. The van der Waals surface area contributed by atoms with Gasteiger partial charge in [-0.25, -0.2) is 10.2 Å². The third-order valence-corrected chi connectivity index (χ3v) is 1.58. The fourth-order valence-corrected chi connectivity index (χ4v) is 0.884. The van der Waals surface area contributed by atoms with Crippen LogP contribution in [0.5, 0.6) is 5.88 Å². The Morgan fingerprint density at radius 3 is 2.82 bits per heavy atom. The maximum atomic E-state index is 11.2. The lowest BCUT2D eigenvalue weighted by molar-refractivity contribution is -0.120. The van der Waals surface area contributed by atoms with Gasteiger partial charge in [0.25, 0.3) is 11.5 Å². The van der Waals surface area contributed by atoms with Crippen LogP contribution in [-0.2, 0) is 4.79 Å². The number of hydrazone groups is 1. The Labute approximate surface area is 93.4 Å². The summed E-state index contributed by atoms with van der Waals surface area (Å²) in [7, 11) is 0. The third kappa shape index (κ3) is 3.31. The molecule has 0 saturated carbocycles. The van der Waals surface area contributed by atoms with Crippen LogP contribution in [0.15, 0.2) is 14.7 Å². The van der Waals surface area contributed by atoms with Gasteiger partial charge in [-0.05, 0) is 0 Å². The number of nitriles is 1. The Balaban J connectivity index is 2.87. The van der Waals surface area contributed by atoms with Crippen molar-refractivity contribution >= 4 is 12.1 Å². The van der Waals surface area contributed by atoms with Gasteiger partial charge in [-0.1, -0.05) is 0 Å². The van der Waals surface area contributed by atoms with E-state index in [1.54, 1.807) is 6.07 Å². The van der Waals surface area contributed by atoms with Crippen LogP contribution in [0.25, 0.3) is 0 Å². The van der Waals surface area contributed by atoms with E-state index in [9.17, 15) is 19.5 Å². The summed E-state index contributed by atoms with van der Waals surface area (Å²) in [5.41, 5.74) is -0.0842. The first-order chi connectivity index (χ1) is 8.04. The molecular weight excluding hydrogens is 230 g/mol. The van der Waals surface area contributed by atoms with Crippen LogP contribution in [0.2, 0.25) is 0 Å². The van der Waals surface area contributed by atoms with E-state index in [4.69, 9.17) is 5.26 Å². The number of aromatic amines is 2. The number of hydrogen-bond acceptors (Lipinski definition) is 6. The zero-order chi connectivity index (χ0) is 12.8. The smallest absolute Gasteiger partial charge is 0.328 e. The number of carbonyl (C=O) groups excluding carboxylic acids is 1. The van der Waals surface area contributed by atoms with Crippen molar-refractivity contribution in [2.24, 2.45) is 5.10 Å². The highest BCUT2D eigenvalue weighted by atomic mass is 16.3. The molecule has 1 heterocycles. The van der Waals surface area contributed by atoms with Crippen LogP contribution in [-0.4, -0.2) is 27.2 Å². The van der Waals surface area contributed by atoms with Gasteiger partial charge >= 0.3 is 5.69 Å². The molecule has 0 unspecified atom stereocenters. The summed E-state index contributed by atoms with van der Waals surface area (Å²) in [6, 6.07) is 1.60. The quantitative estimate of drug-likeness (QED) is 0.358. The molecule has 0 saturated heterocycles. The number of amides is 1. The van der Waals surface area contributed by atoms with Crippen LogP contribution in [0.1, 0.15) is 12.0 Å². The van der Waals surface area contributed by atoms with E-state index in [-0.39, 0.29) is 12.0 Å². The van der Waals surface area contributed by atoms with Crippen LogP contribution in [0.4, 0.5) is 0 Å². The summed E-state index contributed by atoms with van der Waals surface area (Å²) in [4.78, 5) is 36.5. The molecule has 4 N–H and O–H groups in total. The summed E-state index contributed by atoms with van der Waals surface area (Å²) in [5.74, 6) is -1.33. The van der Waals surface area contributed by atoms with Gasteiger partial charge in [-0.2, -0.15) is 10.4 Å². The normalized spacial score (nSPS) is 10.1. The first-order valence-corrected chi connectivity index (χ1v) is 4.29. The van der Waals surface area contributed by atoms with Gasteiger partial charge in [0.05, 0.1) is 12.3 Å². The Morgan fingerprint density at radius 1 is 1.53 bits per heavy atom. The van der Waals surface area contributed by atoms with Crippen molar-refractivity contribution in [1.29, 1.82) is 5.26 Å². The second-order valence-electron chi connectivity index (χ2n) is 2.80. The number of aromatic hydroxyl groups is 1. The van der Waals surface area contributed by atoms with Crippen LogP contribution in [0, 0.1) is 11.3 Å². The van der Waals surface area contributed by atoms with Crippen molar-refractivity contribution in [3.05, 3.63) is 26.4 Å². The van der Waals surface area contributed by atoms with E-state index in [1.165, 1.54) is 0 Å². The standard InChI is InChI=1S/C8H7N5O4/c9-2-1-5(14)13-10-3-4-6(15)11-8(17)12-7(4)16/h3H,1H2,(H,13,14)(H3,11,12,15,16,17). The molecule has 1 rings (SSSR count). The summed E-state index contributed by atoms with van der Waals surface area (Å²) < 4.78 is 0. The van der Waals surface area contributed by atoms with Crippen molar-refractivity contribution in [3.8, 4) is 11.9 Å². The predicted octanol–water partition coefficient (Wildman–Crippen LogP) is -1.87. The molecule has 17 heavy (non-hydrogen) atoms. The van der Waals surface area contributed by atoms with Crippen molar-refractivity contribution in [3.63, 3.8) is 0 Å². The second-order valence-corrected chi connectivity index (χ2v) is 2.80. The van der Waals surface area contributed by atoms with Gasteiger partial charge in [-0.3, -0.25) is 19.6 Å². The Hall–Kier alpha value is -2.89. The minimum absolute atomic E-state index is 0.318. The van der Waals surface area contributed by atoms with Crippen molar-refractivity contribution in [2.45, 2.75) is 6.42 Å². The molecule has 0 aromatic carbocycles. The molecule has 9 heteroatoms. The van der Waals surface area contributed by atoms with E-state index < -0.39 is 23.0 Å². The Morgan fingerprint density at radius 2 is 2.24 bits per heavy atom. The fraction of sp³-hybridized carbons (Fsp3) is 0.125.